The van der Waals surface area contributed by atoms with E-state index in [0.29, 0.717) is 12.5 Å². The molecule has 144 valence electrons. The number of benzene rings is 2. The van der Waals surface area contributed by atoms with Gasteiger partial charge in [-0.1, -0.05) is 48.9 Å². The molecule has 0 atom stereocenters. The van der Waals surface area contributed by atoms with Crippen LogP contribution in [0.15, 0.2) is 59.6 Å². The molecular weight excluding hydrogens is 455 g/mol. The van der Waals surface area contributed by atoms with Crippen molar-refractivity contribution in [2.75, 3.05) is 13.6 Å². The standard InChI is InChI=1S/C20H24N4O2.HI/c1-21-19(22-14-16-7-5-10-18(13-16)24(25)26)23-15-20(11-6-12-20)17-8-3-2-4-9-17;/h2-5,7-10,13H,6,11-12,14-15H2,1H3,(H2,21,22,23);1H. The van der Waals surface area contributed by atoms with Crippen molar-refractivity contribution in [2.45, 2.75) is 31.2 Å². The highest BCUT2D eigenvalue weighted by molar-refractivity contribution is 14.0. The van der Waals surface area contributed by atoms with Crippen molar-refractivity contribution in [3.63, 3.8) is 0 Å². The van der Waals surface area contributed by atoms with Crippen LogP contribution in [-0.4, -0.2) is 24.5 Å². The van der Waals surface area contributed by atoms with E-state index < -0.39 is 0 Å². The molecule has 0 aromatic heterocycles. The Labute approximate surface area is 176 Å². The maximum atomic E-state index is 10.9. The number of nitro groups is 1. The van der Waals surface area contributed by atoms with Crippen LogP contribution in [0.2, 0.25) is 0 Å². The molecule has 1 saturated carbocycles. The number of non-ortho nitro benzene ring substituents is 1. The lowest BCUT2D eigenvalue weighted by atomic mass is 9.64. The van der Waals surface area contributed by atoms with E-state index in [4.69, 9.17) is 0 Å². The van der Waals surface area contributed by atoms with Gasteiger partial charge in [-0.25, -0.2) is 0 Å². The first-order chi connectivity index (χ1) is 12.6. The molecule has 1 aliphatic rings. The minimum absolute atomic E-state index is 0. The molecule has 2 aromatic carbocycles. The molecule has 7 heteroatoms. The van der Waals surface area contributed by atoms with Gasteiger partial charge < -0.3 is 10.6 Å². The number of nitro benzene ring substituents is 1. The van der Waals surface area contributed by atoms with Crippen LogP contribution in [-0.2, 0) is 12.0 Å². The summed E-state index contributed by atoms with van der Waals surface area (Å²) in [5.41, 5.74) is 2.49. The lowest BCUT2D eigenvalue weighted by Gasteiger charge is -2.43. The molecular formula is C20H25IN4O2. The summed E-state index contributed by atoms with van der Waals surface area (Å²) in [4.78, 5) is 14.8. The molecule has 2 aromatic rings. The Morgan fingerprint density at radius 1 is 1.15 bits per heavy atom. The minimum Gasteiger partial charge on any atom is -0.356 e. The van der Waals surface area contributed by atoms with Crippen LogP contribution in [0.5, 0.6) is 0 Å². The molecule has 0 saturated heterocycles. The van der Waals surface area contributed by atoms with E-state index >= 15 is 0 Å². The monoisotopic (exact) mass is 480 g/mol. The fourth-order valence-corrected chi connectivity index (χ4v) is 3.40. The lowest BCUT2D eigenvalue weighted by Crippen LogP contribution is -2.48. The van der Waals surface area contributed by atoms with Gasteiger partial charge in [0.05, 0.1) is 4.92 Å². The maximum Gasteiger partial charge on any atom is 0.269 e. The van der Waals surface area contributed by atoms with Crippen molar-refractivity contribution >= 4 is 35.6 Å². The second kappa shape index (κ2) is 9.68. The van der Waals surface area contributed by atoms with Crippen LogP contribution in [0.25, 0.3) is 0 Å². The summed E-state index contributed by atoms with van der Waals surface area (Å²) in [5.74, 6) is 0.707. The zero-order chi connectivity index (χ0) is 18.4. The van der Waals surface area contributed by atoms with Gasteiger partial charge >= 0.3 is 0 Å². The van der Waals surface area contributed by atoms with Crippen molar-refractivity contribution in [3.8, 4) is 0 Å². The fraction of sp³-hybridized carbons (Fsp3) is 0.350. The van der Waals surface area contributed by atoms with Crippen LogP contribution in [0.4, 0.5) is 5.69 Å². The first-order valence-corrected chi connectivity index (χ1v) is 8.86. The zero-order valence-electron chi connectivity index (χ0n) is 15.4. The lowest BCUT2D eigenvalue weighted by molar-refractivity contribution is -0.384. The summed E-state index contributed by atoms with van der Waals surface area (Å²) in [6, 6.07) is 17.3. The van der Waals surface area contributed by atoms with Gasteiger partial charge in [-0.2, -0.15) is 0 Å². The highest BCUT2D eigenvalue weighted by Gasteiger charge is 2.38. The summed E-state index contributed by atoms with van der Waals surface area (Å²) < 4.78 is 0. The Hall–Kier alpha value is -2.16. The molecule has 0 bridgehead atoms. The molecule has 2 N–H and O–H groups in total. The van der Waals surface area contributed by atoms with Crippen LogP contribution in [0.3, 0.4) is 0 Å². The van der Waals surface area contributed by atoms with Gasteiger partial charge in [-0.3, -0.25) is 15.1 Å². The van der Waals surface area contributed by atoms with Crippen molar-refractivity contribution in [3.05, 3.63) is 75.8 Å². The number of nitrogens with one attached hydrogen (secondary N) is 2. The van der Waals surface area contributed by atoms with Gasteiger partial charge in [0, 0.05) is 37.7 Å². The Kier molecular flexibility index (Phi) is 7.58. The van der Waals surface area contributed by atoms with Gasteiger partial charge in [-0.05, 0) is 24.0 Å². The Morgan fingerprint density at radius 3 is 2.48 bits per heavy atom. The van der Waals surface area contributed by atoms with Gasteiger partial charge in [0.15, 0.2) is 5.96 Å². The minimum atomic E-state index is -0.378. The molecule has 0 heterocycles. The summed E-state index contributed by atoms with van der Waals surface area (Å²) in [7, 11) is 1.73. The topological polar surface area (TPSA) is 79.6 Å². The van der Waals surface area contributed by atoms with Gasteiger partial charge in [0.25, 0.3) is 5.69 Å². The molecule has 3 rings (SSSR count). The van der Waals surface area contributed by atoms with Crippen molar-refractivity contribution in [1.82, 2.24) is 10.6 Å². The number of rotatable bonds is 6. The van der Waals surface area contributed by atoms with Gasteiger partial charge in [0.1, 0.15) is 0 Å². The van der Waals surface area contributed by atoms with E-state index in [2.05, 4.69) is 39.9 Å². The summed E-state index contributed by atoms with van der Waals surface area (Å²) >= 11 is 0. The maximum absolute atomic E-state index is 10.9. The number of halogens is 1. The third-order valence-electron chi connectivity index (χ3n) is 5.10. The van der Waals surface area contributed by atoms with Crippen molar-refractivity contribution in [2.24, 2.45) is 4.99 Å². The molecule has 0 spiro atoms. The van der Waals surface area contributed by atoms with Crippen molar-refractivity contribution in [1.29, 1.82) is 0 Å². The molecule has 0 unspecified atom stereocenters. The van der Waals surface area contributed by atoms with Crippen LogP contribution in [0.1, 0.15) is 30.4 Å². The predicted molar refractivity (Wildman–Crippen MR) is 119 cm³/mol. The third kappa shape index (κ3) is 5.18. The molecule has 6 nitrogen and oxygen atoms in total. The van der Waals surface area contributed by atoms with Gasteiger partial charge in [-0.15, -0.1) is 24.0 Å². The van der Waals surface area contributed by atoms with Crippen LogP contribution >= 0.6 is 24.0 Å². The first kappa shape index (κ1) is 21.1. The molecule has 1 fully saturated rings. The number of hydrogen-bond donors (Lipinski definition) is 2. The summed E-state index contributed by atoms with van der Waals surface area (Å²) in [5, 5.41) is 17.5. The zero-order valence-corrected chi connectivity index (χ0v) is 17.7. The van der Waals surface area contributed by atoms with Gasteiger partial charge in [0.2, 0.25) is 0 Å². The Balaban J connectivity index is 0.00000261. The quantitative estimate of drug-likeness (QED) is 0.216. The van der Waals surface area contributed by atoms with E-state index in [1.165, 1.54) is 30.9 Å². The molecule has 0 aliphatic heterocycles. The van der Waals surface area contributed by atoms with E-state index in [-0.39, 0.29) is 40.0 Å². The number of hydrogen-bond acceptors (Lipinski definition) is 3. The predicted octanol–water partition coefficient (Wildman–Crippen LogP) is 4.00. The van der Waals surface area contributed by atoms with Crippen LogP contribution in [0, 0.1) is 10.1 Å². The first-order valence-electron chi connectivity index (χ1n) is 8.86. The molecule has 0 amide bonds. The second-order valence-electron chi connectivity index (χ2n) is 6.71. The molecule has 27 heavy (non-hydrogen) atoms. The van der Waals surface area contributed by atoms with E-state index in [9.17, 15) is 10.1 Å². The third-order valence-corrected chi connectivity index (χ3v) is 5.10. The Morgan fingerprint density at radius 2 is 1.89 bits per heavy atom. The largest absolute Gasteiger partial charge is 0.356 e. The average Bonchev–Trinajstić information content (AvgIpc) is 2.64. The normalized spacial score (nSPS) is 15.2. The SMILES string of the molecule is CN=C(NCc1cccc([N+](=O)[O-])c1)NCC1(c2ccccc2)CCC1.I. The second-order valence-corrected chi connectivity index (χ2v) is 6.71. The Bertz CT molecular complexity index is 792. The summed E-state index contributed by atoms with van der Waals surface area (Å²) in [6.07, 6.45) is 3.59. The van der Waals surface area contributed by atoms with Crippen molar-refractivity contribution < 1.29 is 4.92 Å². The fourth-order valence-electron chi connectivity index (χ4n) is 3.40. The highest BCUT2D eigenvalue weighted by atomic mass is 127. The molecule has 1 aliphatic carbocycles. The summed E-state index contributed by atoms with van der Waals surface area (Å²) in [6.45, 7) is 1.31. The molecule has 0 radical (unpaired) electrons. The number of aliphatic imine (C=N–C) groups is 1. The number of guanidine groups is 1. The average molecular weight is 480 g/mol. The highest BCUT2D eigenvalue weighted by Crippen LogP contribution is 2.43. The van der Waals surface area contributed by atoms with E-state index in [1.54, 1.807) is 19.2 Å². The smallest absolute Gasteiger partial charge is 0.269 e. The number of nitrogens with zero attached hydrogens (tertiary/aromatic N) is 2. The van der Waals surface area contributed by atoms with E-state index in [1.807, 2.05) is 12.1 Å². The van der Waals surface area contributed by atoms with E-state index in [0.717, 1.165) is 12.1 Å². The van der Waals surface area contributed by atoms with Crippen LogP contribution < -0.4 is 10.6 Å².